The number of aromatic nitrogens is 2. The Balaban J connectivity index is 1.53. The fourth-order valence-corrected chi connectivity index (χ4v) is 3.73. The molecule has 3 rings (SSSR count). The van der Waals surface area contributed by atoms with E-state index in [1.54, 1.807) is 16.8 Å². The van der Waals surface area contributed by atoms with E-state index < -0.39 is 0 Å². The zero-order valence-corrected chi connectivity index (χ0v) is 17.0. The first kappa shape index (κ1) is 20.5. The van der Waals surface area contributed by atoms with E-state index in [1.165, 1.54) is 12.1 Å². The molecule has 28 heavy (non-hydrogen) atoms. The van der Waals surface area contributed by atoms with Crippen molar-refractivity contribution in [1.29, 1.82) is 0 Å². The molecule has 0 atom stereocenters. The number of likely N-dealkylation sites (N-methyl/N-ethyl adjacent to an activating group) is 1. The third-order valence-corrected chi connectivity index (χ3v) is 5.44. The number of piperazine rings is 1. The van der Waals surface area contributed by atoms with Crippen molar-refractivity contribution in [2.75, 3.05) is 45.8 Å². The van der Waals surface area contributed by atoms with Gasteiger partial charge in [0.2, 0.25) is 0 Å². The molecule has 6 nitrogen and oxygen atoms in total. The zero-order chi connectivity index (χ0) is 20.1. The Bertz CT molecular complexity index is 794. The van der Waals surface area contributed by atoms with Crippen LogP contribution < -0.4 is 5.32 Å². The van der Waals surface area contributed by atoms with Crippen LogP contribution in [0.4, 0.5) is 4.39 Å². The Morgan fingerprint density at radius 2 is 1.75 bits per heavy atom. The van der Waals surface area contributed by atoms with Crippen LogP contribution in [0.2, 0.25) is 0 Å². The quantitative estimate of drug-likeness (QED) is 0.742. The van der Waals surface area contributed by atoms with Crippen molar-refractivity contribution >= 4 is 5.91 Å². The van der Waals surface area contributed by atoms with Gasteiger partial charge in [-0.25, -0.2) is 9.07 Å². The Hall–Kier alpha value is -2.25. The highest BCUT2D eigenvalue weighted by molar-refractivity contribution is 5.96. The summed E-state index contributed by atoms with van der Waals surface area (Å²) in [6.45, 7) is 13.1. The second-order valence-electron chi connectivity index (χ2n) is 7.32. The number of nitrogens with zero attached hydrogens (tertiary/aromatic N) is 4. The second-order valence-corrected chi connectivity index (χ2v) is 7.32. The average molecular weight is 388 g/mol. The summed E-state index contributed by atoms with van der Waals surface area (Å²) < 4.78 is 14.9. The summed E-state index contributed by atoms with van der Waals surface area (Å²) in [5.41, 5.74) is 2.78. The lowest BCUT2D eigenvalue weighted by Crippen LogP contribution is -2.46. The van der Waals surface area contributed by atoms with E-state index in [-0.39, 0.29) is 11.7 Å². The number of rotatable bonds is 7. The van der Waals surface area contributed by atoms with E-state index in [1.807, 2.05) is 13.8 Å². The van der Waals surface area contributed by atoms with Gasteiger partial charge in [-0.05, 0) is 57.6 Å². The fourth-order valence-electron chi connectivity index (χ4n) is 3.73. The summed E-state index contributed by atoms with van der Waals surface area (Å²) in [6, 6.07) is 6.11. The van der Waals surface area contributed by atoms with E-state index in [9.17, 15) is 9.18 Å². The van der Waals surface area contributed by atoms with Gasteiger partial charge in [0, 0.05) is 32.7 Å². The highest BCUT2D eigenvalue weighted by atomic mass is 19.1. The van der Waals surface area contributed by atoms with Crippen molar-refractivity contribution in [2.24, 2.45) is 0 Å². The van der Waals surface area contributed by atoms with Crippen LogP contribution in [0.15, 0.2) is 24.3 Å². The summed E-state index contributed by atoms with van der Waals surface area (Å²) in [6.07, 6.45) is 0.933. The molecular formula is C21H30FN5O. The molecule has 0 radical (unpaired) electrons. The maximum atomic E-state index is 13.2. The normalized spacial score (nSPS) is 15.7. The summed E-state index contributed by atoms with van der Waals surface area (Å²) in [5.74, 6) is -0.390. The third kappa shape index (κ3) is 4.77. The van der Waals surface area contributed by atoms with Gasteiger partial charge in [0.15, 0.2) is 0 Å². The molecule has 1 aliphatic heterocycles. The molecule has 2 aromatic rings. The SMILES string of the molecule is CCN1CCN(CCCNC(=O)c2c(C)nn(-c3ccc(F)cc3)c2C)CC1. The molecule has 1 amide bonds. The van der Waals surface area contributed by atoms with Crippen molar-refractivity contribution in [2.45, 2.75) is 27.2 Å². The minimum Gasteiger partial charge on any atom is -0.352 e. The Kier molecular flexibility index (Phi) is 6.80. The van der Waals surface area contributed by atoms with Gasteiger partial charge in [0.25, 0.3) is 5.91 Å². The van der Waals surface area contributed by atoms with E-state index in [0.717, 1.165) is 57.1 Å². The molecule has 0 spiro atoms. The summed E-state index contributed by atoms with van der Waals surface area (Å²) in [7, 11) is 0. The lowest BCUT2D eigenvalue weighted by atomic mass is 10.2. The van der Waals surface area contributed by atoms with Crippen LogP contribution in [0.1, 0.15) is 35.1 Å². The van der Waals surface area contributed by atoms with Crippen LogP contribution in [-0.2, 0) is 0 Å². The van der Waals surface area contributed by atoms with Crippen LogP contribution in [0.3, 0.4) is 0 Å². The van der Waals surface area contributed by atoms with Crippen LogP contribution >= 0.6 is 0 Å². The molecule has 0 bridgehead atoms. The van der Waals surface area contributed by atoms with Gasteiger partial charge in [-0.2, -0.15) is 5.10 Å². The van der Waals surface area contributed by atoms with Gasteiger partial charge in [-0.15, -0.1) is 0 Å². The first-order valence-electron chi connectivity index (χ1n) is 10.0. The molecule has 2 heterocycles. The highest BCUT2D eigenvalue weighted by Gasteiger charge is 2.19. The number of aryl methyl sites for hydroxylation is 1. The van der Waals surface area contributed by atoms with Gasteiger partial charge >= 0.3 is 0 Å². The first-order chi connectivity index (χ1) is 13.5. The standard InChI is InChI=1S/C21H30FN5O/c1-4-25-12-14-26(15-13-25)11-5-10-23-21(28)20-16(2)24-27(17(20)3)19-8-6-18(22)7-9-19/h6-9H,4-5,10-15H2,1-3H3,(H,23,28). The molecular weight excluding hydrogens is 357 g/mol. The molecule has 0 saturated carbocycles. The van der Waals surface area contributed by atoms with Crippen molar-refractivity contribution in [3.8, 4) is 5.69 Å². The van der Waals surface area contributed by atoms with Gasteiger partial charge < -0.3 is 15.1 Å². The van der Waals surface area contributed by atoms with E-state index in [4.69, 9.17) is 0 Å². The van der Waals surface area contributed by atoms with E-state index >= 15 is 0 Å². The molecule has 1 N–H and O–H groups in total. The van der Waals surface area contributed by atoms with Gasteiger partial charge in [-0.1, -0.05) is 6.92 Å². The van der Waals surface area contributed by atoms with Crippen molar-refractivity contribution in [3.63, 3.8) is 0 Å². The van der Waals surface area contributed by atoms with Crippen LogP contribution in [0, 0.1) is 19.7 Å². The predicted octanol–water partition coefficient (Wildman–Crippen LogP) is 2.39. The number of hydrogen-bond donors (Lipinski definition) is 1. The number of hydrogen-bond acceptors (Lipinski definition) is 4. The lowest BCUT2D eigenvalue weighted by Gasteiger charge is -2.33. The Morgan fingerprint density at radius 1 is 1.11 bits per heavy atom. The number of carbonyl (C=O) groups is 1. The minimum absolute atomic E-state index is 0.0980. The summed E-state index contributed by atoms with van der Waals surface area (Å²) in [4.78, 5) is 17.6. The molecule has 0 unspecified atom stereocenters. The maximum absolute atomic E-state index is 13.2. The molecule has 1 aromatic heterocycles. The molecule has 152 valence electrons. The smallest absolute Gasteiger partial charge is 0.255 e. The van der Waals surface area contributed by atoms with E-state index in [2.05, 4.69) is 27.1 Å². The number of nitrogens with one attached hydrogen (secondary N) is 1. The Labute approximate surface area is 166 Å². The molecule has 1 aromatic carbocycles. The zero-order valence-electron chi connectivity index (χ0n) is 17.0. The highest BCUT2D eigenvalue weighted by Crippen LogP contribution is 2.18. The second kappa shape index (κ2) is 9.30. The van der Waals surface area contributed by atoms with Crippen LogP contribution in [-0.4, -0.2) is 71.3 Å². The molecule has 0 aliphatic carbocycles. The van der Waals surface area contributed by atoms with Crippen molar-refractivity contribution in [3.05, 3.63) is 47.0 Å². The number of amides is 1. The van der Waals surface area contributed by atoms with Crippen LogP contribution in [0.5, 0.6) is 0 Å². The van der Waals surface area contributed by atoms with Crippen molar-refractivity contribution < 1.29 is 9.18 Å². The molecule has 1 aliphatic rings. The first-order valence-corrected chi connectivity index (χ1v) is 10.0. The van der Waals surface area contributed by atoms with Gasteiger partial charge in [0.1, 0.15) is 5.82 Å². The summed E-state index contributed by atoms with van der Waals surface area (Å²) in [5, 5.41) is 7.49. The number of benzene rings is 1. The minimum atomic E-state index is -0.292. The topological polar surface area (TPSA) is 53.4 Å². The van der Waals surface area contributed by atoms with E-state index in [0.29, 0.717) is 17.8 Å². The summed E-state index contributed by atoms with van der Waals surface area (Å²) >= 11 is 0. The van der Waals surface area contributed by atoms with Crippen molar-refractivity contribution in [1.82, 2.24) is 24.9 Å². The third-order valence-electron chi connectivity index (χ3n) is 5.44. The molecule has 7 heteroatoms. The van der Waals surface area contributed by atoms with Crippen LogP contribution in [0.25, 0.3) is 5.69 Å². The number of halogens is 1. The molecule has 1 fully saturated rings. The fraction of sp³-hybridized carbons (Fsp3) is 0.524. The lowest BCUT2D eigenvalue weighted by molar-refractivity contribution is 0.0947. The maximum Gasteiger partial charge on any atom is 0.255 e. The van der Waals surface area contributed by atoms with Gasteiger partial charge in [0.05, 0.1) is 22.6 Å². The predicted molar refractivity (Wildman–Crippen MR) is 109 cm³/mol. The number of carbonyl (C=O) groups excluding carboxylic acids is 1. The monoisotopic (exact) mass is 387 g/mol. The van der Waals surface area contributed by atoms with Gasteiger partial charge in [-0.3, -0.25) is 4.79 Å². The Morgan fingerprint density at radius 3 is 2.39 bits per heavy atom. The largest absolute Gasteiger partial charge is 0.352 e. The molecule has 1 saturated heterocycles. The average Bonchev–Trinajstić information content (AvgIpc) is 3.00.